The zero-order valence-corrected chi connectivity index (χ0v) is 19.7. The van der Waals surface area contributed by atoms with Gasteiger partial charge in [0, 0.05) is 54.4 Å². The fourth-order valence-corrected chi connectivity index (χ4v) is 4.25. The molecule has 2 aromatic heterocycles. The van der Waals surface area contributed by atoms with Gasteiger partial charge in [-0.3, -0.25) is 9.78 Å². The van der Waals surface area contributed by atoms with Crippen molar-refractivity contribution in [2.24, 2.45) is 5.73 Å². The first kappa shape index (κ1) is 23.6. The molecule has 0 radical (unpaired) electrons. The number of amides is 1. The number of hydrogen-bond donors (Lipinski definition) is 4. The van der Waals surface area contributed by atoms with Crippen LogP contribution in [0.2, 0.25) is 0 Å². The van der Waals surface area contributed by atoms with Crippen molar-refractivity contribution in [3.63, 3.8) is 0 Å². The summed E-state index contributed by atoms with van der Waals surface area (Å²) in [6.07, 6.45) is 4.65. The Morgan fingerprint density at radius 2 is 2.03 bits per heavy atom. The van der Waals surface area contributed by atoms with Gasteiger partial charge in [0.1, 0.15) is 5.60 Å². The Morgan fingerprint density at radius 3 is 2.78 bits per heavy atom. The van der Waals surface area contributed by atoms with E-state index in [4.69, 9.17) is 15.5 Å². The number of fused-ring (bicyclic) bond motifs is 1. The largest absolute Gasteiger partial charge is 0.366 e. The van der Waals surface area contributed by atoms with Crippen LogP contribution in [0.25, 0.3) is 22.2 Å². The van der Waals surface area contributed by atoms with Crippen molar-refractivity contribution in [3.8, 4) is 11.3 Å². The lowest BCUT2D eigenvalue weighted by atomic mass is 9.92. The quantitative estimate of drug-likeness (QED) is 0.296. The van der Waals surface area contributed by atoms with Gasteiger partial charge in [-0.2, -0.15) is 0 Å². The van der Waals surface area contributed by atoms with E-state index in [9.17, 15) is 4.79 Å². The summed E-state index contributed by atoms with van der Waals surface area (Å²) < 4.78 is 6.03. The summed E-state index contributed by atoms with van der Waals surface area (Å²) in [4.78, 5) is 25.5. The molecule has 9 nitrogen and oxygen atoms in total. The maximum atomic E-state index is 11.7. The highest BCUT2D eigenvalue weighted by Gasteiger charge is 2.33. The monoisotopic (exact) mass is 481 g/mol. The Hall–Kier alpha value is -4.18. The van der Waals surface area contributed by atoms with Gasteiger partial charge in [0.05, 0.1) is 17.8 Å². The number of carbonyl (C=O) groups is 1. The molecular formula is C27H27N7O2. The van der Waals surface area contributed by atoms with Gasteiger partial charge >= 0.3 is 0 Å². The lowest BCUT2D eigenvalue weighted by Crippen LogP contribution is -2.51. The Labute approximate surface area is 208 Å². The highest BCUT2D eigenvalue weighted by molar-refractivity contribution is 5.99. The Bertz CT molecular complexity index is 1400. The van der Waals surface area contributed by atoms with Gasteiger partial charge in [0.2, 0.25) is 11.9 Å². The highest BCUT2D eigenvalue weighted by Crippen LogP contribution is 2.30. The van der Waals surface area contributed by atoms with Gasteiger partial charge < -0.3 is 26.4 Å². The molecule has 1 fully saturated rings. The van der Waals surface area contributed by atoms with Gasteiger partial charge in [-0.25, -0.2) is 9.97 Å². The van der Waals surface area contributed by atoms with Gasteiger partial charge in [-0.05, 0) is 35.9 Å². The molecule has 3 heterocycles. The fourth-order valence-electron chi connectivity index (χ4n) is 4.25. The predicted octanol–water partition coefficient (Wildman–Crippen LogP) is 3.33. The second-order valence-corrected chi connectivity index (χ2v) is 8.49. The summed E-state index contributed by atoms with van der Waals surface area (Å²) in [7, 11) is 0. The fraction of sp³-hybridized carbons (Fsp3) is 0.185. The van der Waals surface area contributed by atoms with Crippen molar-refractivity contribution in [1.82, 2.24) is 20.3 Å². The van der Waals surface area contributed by atoms with Gasteiger partial charge in [0.25, 0.3) is 0 Å². The van der Waals surface area contributed by atoms with E-state index >= 15 is 0 Å². The maximum absolute atomic E-state index is 11.7. The standard InChI is InChI=1S/C27H27N7O2/c1-2-24(35)32-21-10-11-30-23(14-21)22-5-3-4-18-15-31-26(34-25(18)22)33-20-8-6-19(7-9-20)27(16-28)17-29-12-13-36-27/h2-11,14-15,29H,1,12-13,16-17,28H2,(H,30,32,35)(H,31,33,34). The van der Waals surface area contributed by atoms with Crippen LogP contribution >= 0.6 is 0 Å². The van der Waals surface area contributed by atoms with Crippen LogP contribution in [0.15, 0.2) is 79.6 Å². The van der Waals surface area contributed by atoms with Crippen molar-refractivity contribution in [1.29, 1.82) is 0 Å². The molecule has 5 rings (SSSR count). The SMILES string of the molecule is C=CC(=O)Nc1ccnc(-c2cccc3cnc(Nc4ccc(C5(CN)CNCCO5)cc4)nc23)c1. The molecular weight excluding hydrogens is 454 g/mol. The van der Waals surface area contributed by atoms with E-state index in [0.717, 1.165) is 34.3 Å². The van der Waals surface area contributed by atoms with E-state index in [0.29, 0.717) is 37.0 Å². The minimum atomic E-state index is -0.516. The summed E-state index contributed by atoms with van der Waals surface area (Å²) in [5.74, 6) is 0.177. The second kappa shape index (κ2) is 10.2. The number of para-hydroxylation sites is 1. The number of morpholine rings is 1. The Kier molecular flexibility index (Phi) is 6.68. The molecule has 1 aliphatic rings. The number of hydrogen-bond acceptors (Lipinski definition) is 8. The van der Waals surface area contributed by atoms with Crippen LogP contribution in [-0.2, 0) is 15.1 Å². The van der Waals surface area contributed by atoms with E-state index in [1.165, 1.54) is 6.08 Å². The van der Waals surface area contributed by atoms with Crippen LogP contribution < -0.4 is 21.7 Å². The molecule has 9 heteroatoms. The van der Waals surface area contributed by atoms with E-state index in [1.54, 1.807) is 24.5 Å². The number of anilines is 3. The third kappa shape index (κ3) is 4.80. The third-order valence-corrected chi connectivity index (χ3v) is 6.16. The zero-order valence-electron chi connectivity index (χ0n) is 19.7. The number of nitrogens with two attached hydrogens (primary N) is 1. The summed E-state index contributed by atoms with van der Waals surface area (Å²) in [6, 6.07) is 17.3. The smallest absolute Gasteiger partial charge is 0.247 e. The lowest BCUT2D eigenvalue weighted by Gasteiger charge is -2.37. The van der Waals surface area contributed by atoms with Crippen LogP contribution in [-0.4, -0.2) is 47.1 Å². The predicted molar refractivity (Wildman–Crippen MR) is 141 cm³/mol. The van der Waals surface area contributed by atoms with E-state index < -0.39 is 5.60 Å². The van der Waals surface area contributed by atoms with Gasteiger partial charge in [-0.15, -0.1) is 0 Å². The highest BCUT2D eigenvalue weighted by atomic mass is 16.5. The summed E-state index contributed by atoms with van der Waals surface area (Å²) in [5, 5.41) is 10.3. The molecule has 1 unspecified atom stereocenters. The minimum Gasteiger partial charge on any atom is -0.366 e. The summed E-state index contributed by atoms with van der Waals surface area (Å²) in [6.45, 7) is 6.02. The van der Waals surface area contributed by atoms with Crippen molar-refractivity contribution >= 4 is 34.1 Å². The number of carbonyl (C=O) groups excluding carboxylic acids is 1. The van der Waals surface area contributed by atoms with Gasteiger partial charge in [-0.1, -0.05) is 36.9 Å². The Balaban J connectivity index is 1.42. The van der Waals surface area contributed by atoms with Crippen molar-refractivity contribution in [2.45, 2.75) is 5.60 Å². The first-order valence-corrected chi connectivity index (χ1v) is 11.7. The molecule has 36 heavy (non-hydrogen) atoms. The van der Waals surface area contributed by atoms with E-state index in [-0.39, 0.29) is 5.91 Å². The minimum absolute atomic E-state index is 0.284. The van der Waals surface area contributed by atoms with Crippen LogP contribution in [0.4, 0.5) is 17.3 Å². The summed E-state index contributed by atoms with van der Waals surface area (Å²) >= 11 is 0. The molecule has 1 aliphatic heterocycles. The average molecular weight is 482 g/mol. The molecule has 4 aromatic rings. The molecule has 0 aliphatic carbocycles. The molecule has 1 saturated heterocycles. The third-order valence-electron chi connectivity index (χ3n) is 6.16. The van der Waals surface area contributed by atoms with Crippen molar-refractivity contribution in [3.05, 3.63) is 85.2 Å². The maximum Gasteiger partial charge on any atom is 0.247 e. The molecule has 0 spiro atoms. The van der Waals surface area contributed by atoms with Crippen LogP contribution in [0, 0.1) is 0 Å². The molecule has 2 aromatic carbocycles. The number of aromatic nitrogens is 3. The van der Waals surface area contributed by atoms with Crippen LogP contribution in [0.5, 0.6) is 0 Å². The van der Waals surface area contributed by atoms with E-state index in [2.05, 4.69) is 32.5 Å². The first-order valence-electron chi connectivity index (χ1n) is 11.7. The number of rotatable bonds is 7. The van der Waals surface area contributed by atoms with Crippen molar-refractivity contribution < 1.29 is 9.53 Å². The molecule has 182 valence electrons. The van der Waals surface area contributed by atoms with E-state index in [1.807, 2.05) is 42.5 Å². The molecule has 0 saturated carbocycles. The van der Waals surface area contributed by atoms with Crippen molar-refractivity contribution in [2.75, 3.05) is 36.9 Å². The lowest BCUT2D eigenvalue weighted by molar-refractivity contribution is -0.111. The topological polar surface area (TPSA) is 127 Å². The number of ether oxygens (including phenoxy) is 1. The van der Waals surface area contributed by atoms with Gasteiger partial charge in [0.15, 0.2) is 0 Å². The number of nitrogens with zero attached hydrogens (tertiary/aromatic N) is 3. The molecule has 1 amide bonds. The first-order chi connectivity index (χ1) is 17.6. The number of pyridine rings is 1. The zero-order chi connectivity index (χ0) is 25.0. The van der Waals surface area contributed by atoms with Crippen LogP contribution in [0.1, 0.15) is 5.56 Å². The number of benzene rings is 2. The normalized spacial score (nSPS) is 17.5. The molecule has 0 bridgehead atoms. The molecule has 1 atom stereocenters. The second-order valence-electron chi connectivity index (χ2n) is 8.49. The average Bonchev–Trinajstić information content (AvgIpc) is 2.93. The van der Waals surface area contributed by atoms with Crippen LogP contribution in [0.3, 0.4) is 0 Å². The molecule has 5 N–H and O–H groups in total. The summed E-state index contributed by atoms with van der Waals surface area (Å²) in [5.41, 5.74) is 10.3. The Morgan fingerprint density at radius 1 is 1.17 bits per heavy atom. The number of nitrogens with one attached hydrogen (secondary N) is 3.